The number of hydrogen-bond donors (Lipinski definition) is 4. The first kappa shape index (κ1) is 57.9. The SMILES string of the molecule is CC(=O)OC1CC2(C)C(CC(O)C3C4(C)CCC(O)C(C)C4CCC32C)/C1=C(\CCC=C(C)C)C(=O)OBOC(=O)/C(CCC=C(C)C)=C1\C(OC(C)=O)CC2(C)C1CC(O)C1C3(C)CCC(O)C(C)C3CCC12C. The number of aliphatic hydroxyl groups is 4. The van der Waals surface area contributed by atoms with Crippen LogP contribution in [0.1, 0.15) is 200 Å². The number of fused-ring (bicyclic) bond motifs is 10. The van der Waals surface area contributed by atoms with Crippen LogP contribution in [0.25, 0.3) is 0 Å². The van der Waals surface area contributed by atoms with Gasteiger partial charge in [0, 0.05) is 25.0 Å². The number of aliphatic hydroxyl groups excluding tert-OH is 4. The van der Waals surface area contributed by atoms with E-state index in [4.69, 9.17) is 18.8 Å². The Morgan fingerprint density at radius 1 is 0.533 bits per heavy atom. The van der Waals surface area contributed by atoms with Crippen LogP contribution in [-0.2, 0) is 38.0 Å². The summed E-state index contributed by atoms with van der Waals surface area (Å²) < 4.78 is 24.6. The van der Waals surface area contributed by atoms with Gasteiger partial charge in [-0.25, -0.2) is 9.59 Å². The van der Waals surface area contributed by atoms with Crippen LogP contribution in [0.15, 0.2) is 45.6 Å². The van der Waals surface area contributed by atoms with Gasteiger partial charge >= 0.3 is 31.6 Å². The smallest absolute Gasteiger partial charge is 0.498 e. The molecule has 13 heteroatoms. The molecule has 0 aromatic carbocycles. The van der Waals surface area contributed by atoms with E-state index >= 15 is 0 Å². The van der Waals surface area contributed by atoms with E-state index in [2.05, 4.69) is 67.5 Å². The van der Waals surface area contributed by atoms with Gasteiger partial charge in [-0.3, -0.25) is 9.59 Å². The summed E-state index contributed by atoms with van der Waals surface area (Å²) in [4.78, 5) is 56.0. The highest BCUT2D eigenvalue weighted by molar-refractivity contribution is 6.28. The maximum absolute atomic E-state index is 15.0. The normalized spacial score (nSPS) is 45.9. The van der Waals surface area contributed by atoms with Gasteiger partial charge in [0.25, 0.3) is 0 Å². The summed E-state index contributed by atoms with van der Waals surface area (Å²) in [6.45, 7) is 28.9. The van der Waals surface area contributed by atoms with Crippen LogP contribution in [-0.4, -0.2) is 88.6 Å². The molecule has 418 valence electrons. The van der Waals surface area contributed by atoms with E-state index in [1.165, 1.54) is 13.8 Å². The fourth-order valence-corrected chi connectivity index (χ4v) is 19.9. The minimum Gasteiger partial charge on any atom is -0.498 e. The molecule has 75 heavy (non-hydrogen) atoms. The second-order valence-corrected chi connectivity index (χ2v) is 27.7. The molecule has 0 radical (unpaired) electrons. The van der Waals surface area contributed by atoms with Crippen molar-refractivity contribution in [3.63, 3.8) is 0 Å². The van der Waals surface area contributed by atoms with Gasteiger partial charge in [0.05, 0.1) is 24.4 Å². The molecule has 0 bridgehead atoms. The summed E-state index contributed by atoms with van der Waals surface area (Å²) in [5.74, 6) is -2.22. The highest BCUT2D eigenvalue weighted by Gasteiger charge is 2.73. The molecule has 20 atom stereocenters. The van der Waals surface area contributed by atoms with Gasteiger partial charge in [-0.15, -0.1) is 0 Å². The quantitative estimate of drug-likeness (QED) is 0.0477. The summed E-state index contributed by atoms with van der Waals surface area (Å²) in [5.41, 5.74) is 2.18. The predicted octanol–water partition coefficient (Wildman–Crippen LogP) is 10.5. The second kappa shape index (κ2) is 21.1. The minimum atomic E-state index is -0.728. The van der Waals surface area contributed by atoms with E-state index in [1.807, 2.05) is 27.7 Å². The predicted molar refractivity (Wildman–Crippen MR) is 289 cm³/mol. The fraction of sp³-hybridized carbons (Fsp3) is 0.806. The lowest BCUT2D eigenvalue weighted by molar-refractivity contribution is -0.234. The molecular weight excluding hydrogens is 947 g/mol. The van der Waals surface area contributed by atoms with Crippen LogP contribution < -0.4 is 0 Å². The molecule has 0 spiro atoms. The number of esters is 2. The molecule has 8 saturated carbocycles. The summed E-state index contributed by atoms with van der Waals surface area (Å²) in [5, 5.41) is 47.2. The van der Waals surface area contributed by atoms with Crippen molar-refractivity contribution in [2.45, 2.75) is 236 Å². The zero-order chi connectivity index (χ0) is 55.1. The monoisotopic (exact) mass is 1040 g/mol. The molecule has 12 nitrogen and oxygen atoms in total. The summed E-state index contributed by atoms with van der Waals surface area (Å²) >= 11 is 0. The number of carbonyl (C=O) groups excluding carboxylic acids is 4. The fourth-order valence-electron chi connectivity index (χ4n) is 19.9. The molecular formula is C62H95BO12. The van der Waals surface area contributed by atoms with Crippen molar-refractivity contribution in [1.29, 1.82) is 0 Å². The molecule has 4 N–H and O–H groups in total. The van der Waals surface area contributed by atoms with E-state index < -0.39 is 66.8 Å². The number of rotatable bonds is 12. The van der Waals surface area contributed by atoms with Crippen molar-refractivity contribution in [2.24, 2.45) is 79.8 Å². The van der Waals surface area contributed by atoms with Crippen molar-refractivity contribution in [1.82, 2.24) is 0 Å². The molecule has 0 aromatic heterocycles. The van der Waals surface area contributed by atoms with Gasteiger partial charge in [0.15, 0.2) is 0 Å². The molecule has 8 rings (SSSR count). The maximum Gasteiger partial charge on any atom is 0.580 e. The number of hydrogen-bond acceptors (Lipinski definition) is 12. The highest BCUT2D eigenvalue weighted by atomic mass is 16.6. The lowest BCUT2D eigenvalue weighted by Gasteiger charge is -2.69. The van der Waals surface area contributed by atoms with E-state index in [1.54, 1.807) is 0 Å². The summed E-state index contributed by atoms with van der Waals surface area (Å²) in [7, 11) is -0.685. The van der Waals surface area contributed by atoms with E-state index in [-0.39, 0.29) is 94.1 Å². The van der Waals surface area contributed by atoms with Crippen molar-refractivity contribution in [3.8, 4) is 0 Å². The maximum atomic E-state index is 15.0. The molecule has 0 amide bonds. The lowest BCUT2D eigenvalue weighted by atomic mass is 9.36. The van der Waals surface area contributed by atoms with Gasteiger partial charge < -0.3 is 39.2 Å². The van der Waals surface area contributed by atoms with Gasteiger partial charge in [-0.05, 0) is 221 Å². The van der Waals surface area contributed by atoms with Crippen molar-refractivity contribution < 1.29 is 58.4 Å². The molecule has 0 aromatic rings. The zero-order valence-electron chi connectivity index (χ0n) is 48.3. The van der Waals surface area contributed by atoms with Crippen molar-refractivity contribution in [2.75, 3.05) is 0 Å². The first-order valence-corrected chi connectivity index (χ1v) is 29.1. The molecule has 8 fully saturated rings. The molecule has 20 unspecified atom stereocenters. The Morgan fingerprint density at radius 2 is 0.893 bits per heavy atom. The van der Waals surface area contributed by atoms with E-state index in [0.717, 1.165) is 49.7 Å². The van der Waals surface area contributed by atoms with Gasteiger partial charge in [0.2, 0.25) is 0 Å². The Hall–Kier alpha value is -3.26. The zero-order valence-corrected chi connectivity index (χ0v) is 48.3. The highest BCUT2D eigenvalue weighted by Crippen LogP contribution is 2.76. The Kier molecular flexibility index (Phi) is 16.3. The second-order valence-electron chi connectivity index (χ2n) is 27.7. The average Bonchev–Trinajstić information content (AvgIpc) is 3.75. The third-order valence-corrected chi connectivity index (χ3v) is 23.5. The van der Waals surface area contributed by atoms with E-state index in [9.17, 15) is 39.6 Å². The van der Waals surface area contributed by atoms with Crippen LogP contribution >= 0.6 is 0 Å². The Bertz CT molecular complexity index is 2200. The number of allylic oxidation sites excluding steroid dienone is 4. The Balaban J connectivity index is 1.13. The topological polar surface area (TPSA) is 186 Å². The van der Waals surface area contributed by atoms with Gasteiger partial charge in [0.1, 0.15) is 12.2 Å². The summed E-state index contributed by atoms with van der Waals surface area (Å²) in [6.07, 6.45) is 10.4. The molecule has 0 heterocycles. The Labute approximate surface area is 450 Å². The van der Waals surface area contributed by atoms with Crippen LogP contribution in [0, 0.1) is 79.8 Å². The number of ether oxygens (including phenoxy) is 2. The third-order valence-electron chi connectivity index (χ3n) is 23.5. The van der Waals surface area contributed by atoms with E-state index in [0.29, 0.717) is 73.7 Å². The van der Waals surface area contributed by atoms with Crippen LogP contribution in [0.2, 0.25) is 0 Å². The van der Waals surface area contributed by atoms with Crippen LogP contribution in [0.5, 0.6) is 0 Å². The third kappa shape index (κ3) is 9.59. The summed E-state index contributed by atoms with van der Waals surface area (Å²) in [6, 6.07) is 0. The van der Waals surface area contributed by atoms with Gasteiger partial charge in [-0.2, -0.15) is 0 Å². The molecule has 8 aliphatic rings. The first-order chi connectivity index (χ1) is 35.0. The van der Waals surface area contributed by atoms with Crippen LogP contribution in [0.4, 0.5) is 0 Å². The molecule has 0 aliphatic heterocycles. The van der Waals surface area contributed by atoms with Crippen molar-refractivity contribution >= 4 is 31.6 Å². The first-order valence-electron chi connectivity index (χ1n) is 29.1. The van der Waals surface area contributed by atoms with Crippen molar-refractivity contribution in [3.05, 3.63) is 45.6 Å². The lowest BCUT2D eigenvalue weighted by Crippen LogP contribution is -2.65. The minimum absolute atomic E-state index is 0.0637. The number of carbonyl (C=O) groups is 4. The average molecular weight is 1040 g/mol. The van der Waals surface area contributed by atoms with Crippen LogP contribution in [0.3, 0.4) is 0 Å². The Morgan fingerprint density at radius 3 is 1.23 bits per heavy atom. The van der Waals surface area contributed by atoms with Gasteiger partial charge in [-0.1, -0.05) is 78.7 Å². The standard InChI is InChI=1S/C62H95BO12/c1-33(2)17-15-19-39(51-43-29-47(68)53-57(9)25-23-45(66)35(5)41(57)21-27-59(53,11)61(43,13)31-49(51)72-37(7)64)55(70)74-63-75-56(71)40(20-16-18-34(3)4)52-44-30-48(69)54-58(10)26-24-46(67)36(6)42(58)22-28-60(54,12)62(44,14)32-50(52)73-38(8)65/h17-18,35-36,41-50,53-54,63,66-69H,15-16,19-32H2,1-14H3/b51-39-,52-40-. The molecule has 8 aliphatic carbocycles. The molecule has 0 saturated heterocycles. The largest absolute Gasteiger partial charge is 0.580 e.